The zero-order valence-electron chi connectivity index (χ0n) is 12.7. The number of rotatable bonds is 4. The summed E-state index contributed by atoms with van der Waals surface area (Å²) in [7, 11) is 0. The Morgan fingerprint density at radius 2 is 2.08 bits per heavy atom. The summed E-state index contributed by atoms with van der Waals surface area (Å²) in [5.74, 6) is -0.502. The Morgan fingerprint density at radius 1 is 1.33 bits per heavy atom. The minimum absolute atomic E-state index is 0.126. The largest absolute Gasteiger partial charge is 0.357 e. The Balaban J connectivity index is 1.85. The molecule has 2 aromatic rings. The molecule has 6 nitrogen and oxygen atoms in total. The van der Waals surface area contributed by atoms with E-state index in [4.69, 9.17) is 27.9 Å². The summed E-state index contributed by atoms with van der Waals surface area (Å²) in [6, 6.07) is 4.79. The predicted molar refractivity (Wildman–Crippen MR) is 90.9 cm³/mol. The molecule has 1 N–H and O–H groups in total. The number of hydrogen-bond donors (Lipinski definition) is 1. The highest BCUT2D eigenvalue weighted by Gasteiger charge is 2.21. The lowest BCUT2D eigenvalue weighted by Gasteiger charge is -2.22. The molecule has 0 saturated carbocycles. The van der Waals surface area contributed by atoms with Gasteiger partial charge in [0.1, 0.15) is 11.9 Å². The lowest BCUT2D eigenvalue weighted by Crippen LogP contribution is -2.18. The average Bonchev–Trinajstić information content (AvgIpc) is 2.98. The lowest BCUT2D eigenvalue weighted by molar-refractivity contribution is -0.0395. The van der Waals surface area contributed by atoms with Crippen LogP contribution in [0.2, 0.25) is 10.0 Å². The highest BCUT2D eigenvalue weighted by atomic mass is 35.5. The van der Waals surface area contributed by atoms with Gasteiger partial charge < -0.3 is 10.1 Å². The van der Waals surface area contributed by atoms with Crippen LogP contribution in [-0.2, 0) is 4.74 Å². The summed E-state index contributed by atoms with van der Waals surface area (Å²) >= 11 is 12.1. The Bertz CT molecular complexity index is 750. The first kappa shape index (κ1) is 17.0. The third-order valence-electron chi connectivity index (χ3n) is 3.76. The minimum atomic E-state index is -0.502. The second kappa shape index (κ2) is 7.34. The fourth-order valence-corrected chi connectivity index (χ4v) is 3.14. The van der Waals surface area contributed by atoms with Gasteiger partial charge >= 0.3 is 0 Å². The molecule has 1 aliphatic heterocycles. The van der Waals surface area contributed by atoms with Gasteiger partial charge in [0.05, 0.1) is 27.5 Å². The van der Waals surface area contributed by atoms with E-state index in [0.717, 1.165) is 19.3 Å². The van der Waals surface area contributed by atoms with E-state index in [1.54, 1.807) is 29.1 Å². The molecule has 126 valence electrons. The van der Waals surface area contributed by atoms with Gasteiger partial charge in [-0.3, -0.25) is 9.59 Å². The third kappa shape index (κ3) is 3.45. The fourth-order valence-electron chi connectivity index (χ4n) is 2.57. The molecule has 1 aromatic carbocycles. The number of benzene rings is 1. The average molecular weight is 368 g/mol. The number of aldehydes is 1. The van der Waals surface area contributed by atoms with Gasteiger partial charge in [0.15, 0.2) is 6.29 Å². The van der Waals surface area contributed by atoms with Gasteiger partial charge in [-0.25, -0.2) is 4.68 Å². The molecule has 24 heavy (non-hydrogen) atoms. The summed E-state index contributed by atoms with van der Waals surface area (Å²) in [4.78, 5) is 23.7. The molecule has 0 radical (unpaired) electrons. The number of nitrogens with one attached hydrogen (secondary N) is 1. The zero-order chi connectivity index (χ0) is 17.1. The van der Waals surface area contributed by atoms with Crippen molar-refractivity contribution in [2.75, 3.05) is 11.9 Å². The van der Waals surface area contributed by atoms with Gasteiger partial charge in [0, 0.05) is 6.61 Å². The van der Waals surface area contributed by atoms with Gasteiger partial charge in [0.2, 0.25) is 0 Å². The molecule has 0 bridgehead atoms. The molecule has 0 aliphatic carbocycles. The Hall–Kier alpha value is -1.89. The highest BCUT2D eigenvalue weighted by Crippen LogP contribution is 2.27. The molecule has 0 spiro atoms. The number of carbonyl (C=O) groups excluding carboxylic acids is 2. The van der Waals surface area contributed by atoms with Crippen molar-refractivity contribution in [1.82, 2.24) is 9.78 Å². The normalized spacial score (nSPS) is 17.5. The van der Waals surface area contributed by atoms with Crippen LogP contribution in [0.4, 0.5) is 5.69 Å². The second-order valence-electron chi connectivity index (χ2n) is 5.40. The number of amides is 1. The van der Waals surface area contributed by atoms with Crippen molar-refractivity contribution < 1.29 is 14.3 Å². The quantitative estimate of drug-likeness (QED) is 0.830. The number of hydrogen-bond acceptors (Lipinski definition) is 4. The molecule has 1 aliphatic rings. The van der Waals surface area contributed by atoms with Crippen LogP contribution in [0.15, 0.2) is 24.4 Å². The molecule has 1 fully saturated rings. The lowest BCUT2D eigenvalue weighted by atomic mass is 10.2. The van der Waals surface area contributed by atoms with Crippen LogP contribution in [0.5, 0.6) is 0 Å². The number of ether oxygens (including phenoxy) is 1. The van der Waals surface area contributed by atoms with Crippen molar-refractivity contribution >= 4 is 41.1 Å². The molecule has 3 rings (SSSR count). The highest BCUT2D eigenvalue weighted by molar-refractivity contribution is 6.40. The van der Waals surface area contributed by atoms with Gasteiger partial charge in [-0.05, 0) is 31.4 Å². The first-order valence-corrected chi connectivity index (χ1v) is 8.27. The van der Waals surface area contributed by atoms with Crippen LogP contribution in [0.1, 0.15) is 46.3 Å². The molecular weight excluding hydrogens is 353 g/mol. The fraction of sp³-hybridized carbons (Fsp3) is 0.312. The van der Waals surface area contributed by atoms with Crippen molar-refractivity contribution in [3.63, 3.8) is 0 Å². The van der Waals surface area contributed by atoms with Crippen LogP contribution in [0, 0.1) is 0 Å². The molecule has 1 aromatic heterocycles. The summed E-state index contributed by atoms with van der Waals surface area (Å²) in [6.45, 7) is 0.651. The first-order chi connectivity index (χ1) is 11.6. The van der Waals surface area contributed by atoms with E-state index in [9.17, 15) is 9.59 Å². The predicted octanol–water partition coefficient (Wildman–Crippen LogP) is 3.95. The summed E-state index contributed by atoms with van der Waals surface area (Å²) in [5, 5.41) is 7.29. The topological polar surface area (TPSA) is 73.2 Å². The molecule has 1 unspecified atom stereocenters. The van der Waals surface area contributed by atoms with Crippen molar-refractivity contribution in [3.05, 3.63) is 45.7 Å². The second-order valence-corrected chi connectivity index (χ2v) is 6.21. The van der Waals surface area contributed by atoms with E-state index in [2.05, 4.69) is 10.4 Å². The van der Waals surface area contributed by atoms with E-state index in [0.29, 0.717) is 18.6 Å². The Kier molecular flexibility index (Phi) is 5.18. The number of carbonyl (C=O) groups is 2. The number of nitrogens with zero attached hydrogens (tertiary/aromatic N) is 2. The Morgan fingerprint density at radius 3 is 2.71 bits per heavy atom. The SMILES string of the molecule is O=Cc1nn(C2CCCCO2)cc1NC(=O)c1c(Cl)cccc1Cl. The first-order valence-electron chi connectivity index (χ1n) is 7.51. The van der Waals surface area contributed by atoms with Gasteiger partial charge in [0.25, 0.3) is 5.91 Å². The van der Waals surface area contributed by atoms with E-state index in [1.807, 2.05) is 0 Å². The monoisotopic (exact) mass is 367 g/mol. The zero-order valence-corrected chi connectivity index (χ0v) is 14.2. The maximum atomic E-state index is 12.4. The molecule has 1 atom stereocenters. The van der Waals surface area contributed by atoms with Gasteiger partial charge in [-0.2, -0.15) is 5.10 Å². The van der Waals surface area contributed by atoms with Crippen LogP contribution in [0.3, 0.4) is 0 Å². The third-order valence-corrected chi connectivity index (χ3v) is 4.39. The van der Waals surface area contributed by atoms with E-state index in [1.165, 1.54) is 0 Å². The number of anilines is 1. The Labute approximate surface area is 148 Å². The summed E-state index contributed by atoms with van der Waals surface area (Å²) in [5.41, 5.74) is 0.570. The van der Waals surface area contributed by atoms with Crippen LogP contribution < -0.4 is 5.32 Å². The molecule has 1 saturated heterocycles. The van der Waals surface area contributed by atoms with Crippen molar-refractivity contribution in [1.29, 1.82) is 0 Å². The van der Waals surface area contributed by atoms with E-state index in [-0.39, 0.29) is 27.5 Å². The number of aromatic nitrogens is 2. The molecule has 8 heteroatoms. The standard InChI is InChI=1S/C16H15Cl2N3O3/c17-10-4-3-5-11(18)15(10)16(23)19-12-8-21(20-13(12)9-22)14-6-1-2-7-24-14/h3-5,8-9,14H,1-2,6-7H2,(H,19,23). The summed E-state index contributed by atoms with van der Waals surface area (Å²) in [6.07, 6.45) is 4.78. The minimum Gasteiger partial charge on any atom is -0.357 e. The molecule has 1 amide bonds. The van der Waals surface area contributed by atoms with Crippen molar-refractivity contribution in [3.8, 4) is 0 Å². The van der Waals surface area contributed by atoms with Crippen molar-refractivity contribution in [2.45, 2.75) is 25.5 Å². The maximum Gasteiger partial charge on any atom is 0.258 e. The summed E-state index contributed by atoms with van der Waals surface area (Å²) < 4.78 is 7.20. The number of halogens is 2. The maximum absolute atomic E-state index is 12.4. The smallest absolute Gasteiger partial charge is 0.258 e. The molecular formula is C16H15Cl2N3O3. The van der Waals surface area contributed by atoms with Crippen LogP contribution in [-0.4, -0.2) is 28.6 Å². The molecule has 2 heterocycles. The van der Waals surface area contributed by atoms with E-state index >= 15 is 0 Å². The van der Waals surface area contributed by atoms with Crippen LogP contribution in [0.25, 0.3) is 0 Å². The van der Waals surface area contributed by atoms with Gasteiger partial charge in [-0.15, -0.1) is 0 Å². The van der Waals surface area contributed by atoms with Gasteiger partial charge in [-0.1, -0.05) is 29.3 Å². The van der Waals surface area contributed by atoms with Crippen molar-refractivity contribution in [2.24, 2.45) is 0 Å². The van der Waals surface area contributed by atoms with Crippen LogP contribution >= 0.6 is 23.2 Å². The van der Waals surface area contributed by atoms with E-state index < -0.39 is 5.91 Å².